The number of hydrogen-bond donors (Lipinski definition) is 2. The van der Waals surface area contributed by atoms with Gasteiger partial charge in [-0.15, -0.1) is 5.53 Å². The molecule has 0 bridgehead atoms. The van der Waals surface area contributed by atoms with Gasteiger partial charge in [-0.25, -0.2) is 4.98 Å². The molecule has 0 unspecified atom stereocenters. The molecule has 0 atom stereocenters. The lowest BCUT2D eigenvalue weighted by Gasteiger charge is -2.21. The molecular formula is C22H18N6O. The summed E-state index contributed by atoms with van der Waals surface area (Å²) in [4.78, 5) is 4.30. The van der Waals surface area contributed by atoms with Gasteiger partial charge < -0.3 is 10.2 Å². The lowest BCUT2D eigenvalue weighted by atomic mass is 10.1. The number of aromatic nitrogens is 2. The van der Waals surface area contributed by atoms with Crippen molar-refractivity contribution in [2.45, 2.75) is 6.42 Å². The van der Waals surface area contributed by atoms with Crippen molar-refractivity contribution in [2.75, 3.05) is 12.1 Å². The molecule has 0 aliphatic carbocycles. The molecule has 29 heavy (non-hydrogen) atoms. The zero-order valence-electron chi connectivity index (χ0n) is 15.8. The molecule has 142 valence electrons. The van der Waals surface area contributed by atoms with Crippen molar-refractivity contribution in [3.8, 4) is 17.5 Å². The van der Waals surface area contributed by atoms with E-state index in [-0.39, 0.29) is 0 Å². The number of nitriles is 1. The number of nitrogens with zero attached hydrogens (tertiary/aromatic N) is 4. The van der Waals surface area contributed by atoms with Crippen LogP contribution < -0.4 is 20.7 Å². The molecule has 7 heteroatoms. The van der Waals surface area contributed by atoms with Crippen LogP contribution in [0.2, 0.25) is 0 Å². The first-order valence-electron chi connectivity index (χ1n) is 9.21. The monoisotopic (exact) mass is 382 g/mol. The van der Waals surface area contributed by atoms with Crippen LogP contribution in [0.5, 0.6) is 5.75 Å². The van der Waals surface area contributed by atoms with Crippen LogP contribution in [0.15, 0.2) is 72.3 Å². The minimum absolute atomic E-state index is 0.430. The molecule has 0 spiro atoms. The van der Waals surface area contributed by atoms with Crippen LogP contribution in [0, 0.1) is 11.3 Å². The minimum Gasteiger partial charge on any atom is -0.497 e. The zero-order chi connectivity index (χ0) is 19.8. The third-order valence-corrected chi connectivity index (χ3v) is 5.12. The van der Waals surface area contributed by atoms with E-state index in [4.69, 9.17) is 4.74 Å². The van der Waals surface area contributed by atoms with Gasteiger partial charge in [0.25, 0.3) is 0 Å². The summed E-state index contributed by atoms with van der Waals surface area (Å²) in [6.07, 6.45) is 6.35. The molecule has 2 aromatic carbocycles. The molecule has 2 N–H and O–H groups in total. The molecule has 3 heterocycles. The van der Waals surface area contributed by atoms with Gasteiger partial charge in [0.1, 0.15) is 18.1 Å². The van der Waals surface area contributed by atoms with Crippen molar-refractivity contribution >= 4 is 11.8 Å². The van der Waals surface area contributed by atoms with Crippen molar-refractivity contribution < 1.29 is 4.74 Å². The standard InChI is InChI=1S/C22H18N6O/c1-29-16-8-10-19-22(11-16)28-21(12-20-18(13-23)24-14-27(19)20)17(25-26-28)9-7-15-5-3-2-4-6-15/h2-11,14,25-26H,12H2,1H3/b9-7+. The Morgan fingerprint density at radius 2 is 2.00 bits per heavy atom. The van der Waals surface area contributed by atoms with Crippen LogP contribution in [0.1, 0.15) is 17.0 Å². The summed E-state index contributed by atoms with van der Waals surface area (Å²) in [7, 11) is 1.65. The third kappa shape index (κ3) is 2.83. The fourth-order valence-electron chi connectivity index (χ4n) is 3.65. The minimum atomic E-state index is 0.430. The zero-order valence-corrected chi connectivity index (χ0v) is 15.8. The van der Waals surface area contributed by atoms with Gasteiger partial charge in [0.05, 0.1) is 35.6 Å². The molecule has 3 aromatic rings. The van der Waals surface area contributed by atoms with Crippen LogP contribution in [-0.2, 0) is 6.42 Å². The fraction of sp³-hybridized carbons (Fsp3) is 0.0909. The van der Waals surface area contributed by atoms with Gasteiger partial charge in [-0.1, -0.05) is 36.4 Å². The molecule has 0 saturated heterocycles. The molecule has 1 aromatic heterocycles. The molecular weight excluding hydrogens is 364 g/mol. The quantitative estimate of drug-likeness (QED) is 0.725. The number of anilines is 1. The highest BCUT2D eigenvalue weighted by Gasteiger charge is 2.31. The van der Waals surface area contributed by atoms with E-state index in [2.05, 4.69) is 40.2 Å². The van der Waals surface area contributed by atoms with Crippen LogP contribution in [0.4, 0.5) is 5.69 Å². The van der Waals surface area contributed by atoms with E-state index >= 15 is 0 Å². The SMILES string of the molecule is COc1ccc2c(c1)N1NNC(/C=C/c3ccccc3)=C1Cc1c(C#N)ncn1-2. The highest BCUT2D eigenvalue weighted by Crippen LogP contribution is 2.37. The third-order valence-electron chi connectivity index (χ3n) is 5.12. The van der Waals surface area contributed by atoms with E-state index in [0.29, 0.717) is 12.1 Å². The smallest absolute Gasteiger partial charge is 0.162 e. The van der Waals surface area contributed by atoms with Crippen molar-refractivity contribution in [3.63, 3.8) is 0 Å². The maximum atomic E-state index is 9.54. The predicted molar refractivity (Wildman–Crippen MR) is 110 cm³/mol. The number of ether oxygens (including phenoxy) is 1. The maximum absolute atomic E-state index is 9.54. The van der Waals surface area contributed by atoms with E-state index in [1.807, 2.05) is 52.1 Å². The van der Waals surface area contributed by atoms with Crippen molar-refractivity contribution in [3.05, 3.63) is 89.3 Å². The molecule has 0 saturated carbocycles. The Morgan fingerprint density at radius 3 is 2.79 bits per heavy atom. The number of imidazole rings is 1. The van der Waals surface area contributed by atoms with E-state index in [0.717, 1.165) is 39.8 Å². The van der Waals surface area contributed by atoms with E-state index < -0.39 is 0 Å². The molecule has 5 rings (SSSR count). The summed E-state index contributed by atoms with van der Waals surface area (Å²) < 4.78 is 7.41. The van der Waals surface area contributed by atoms with Gasteiger partial charge in [-0.3, -0.25) is 9.58 Å². The first-order chi connectivity index (χ1) is 14.3. The predicted octanol–water partition coefficient (Wildman–Crippen LogP) is 3.06. The van der Waals surface area contributed by atoms with Crippen LogP contribution in [0.25, 0.3) is 11.8 Å². The average molecular weight is 382 g/mol. The summed E-state index contributed by atoms with van der Waals surface area (Å²) in [5, 5.41) is 11.5. The lowest BCUT2D eigenvalue weighted by Crippen LogP contribution is -2.38. The Labute approximate surface area is 168 Å². The Hall–Kier alpha value is -4.02. The number of rotatable bonds is 3. The summed E-state index contributed by atoms with van der Waals surface area (Å²) in [6.45, 7) is 0. The van der Waals surface area contributed by atoms with E-state index in [1.54, 1.807) is 13.4 Å². The Bertz CT molecular complexity index is 1190. The number of benzene rings is 2. The van der Waals surface area contributed by atoms with Gasteiger partial charge in [-0.2, -0.15) is 5.26 Å². The molecule has 0 fully saturated rings. The first kappa shape index (κ1) is 17.1. The molecule has 7 nitrogen and oxygen atoms in total. The van der Waals surface area contributed by atoms with Crippen LogP contribution >= 0.6 is 0 Å². The molecule has 0 amide bonds. The van der Waals surface area contributed by atoms with Gasteiger partial charge in [-0.05, 0) is 23.8 Å². The number of hydrogen-bond acceptors (Lipinski definition) is 6. The van der Waals surface area contributed by atoms with Gasteiger partial charge >= 0.3 is 0 Å². The van der Waals surface area contributed by atoms with E-state index in [1.165, 1.54) is 0 Å². The topological polar surface area (TPSA) is 78.1 Å². The summed E-state index contributed by atoms with van der Waals surface area (Å²) in [5.41, 5.74) is 12.7. The number of nitrogens with one attached hydrogen (secondary N) is 2. The molecule has 2 aliphatic rings. The highest BCUT2D eigenvalue weighted by atomic mass is 16.5. The normalized spacial score (nSPS) is 14.7. The fourth-order valence-corrected chi connectivity index (χ4v) is 3.65. The average Bonchev–Trinajstić information content (AvgIpc) is 3.33. The molecule has 0 radical (unpaired) electrons. The second-order valence-electron chi connectivity index (χ2n) is 6.73. The van der Waals surface area contributed by atoms with Crippen molar-refractivity contribution in [1.82, 2.24) is 20.5 Å². The van der Waals surface area contributed by atoms with Crippen LogP contribution in [0.3, 0.4) is 0 Å². The Balaban J connectivity index is 1.67. The summed E-state index contributed by atoms with van der Waals surface area (Å²) in [6, 6.07) is 18.2. The number of allylic oxidation sites excluding steroid dienone is 2. The van der Waals surface area contributed by atoms with Gasteiger partial charge in [0, 0.05) is 12.5 Å². The summed E-state index contributed by atoms with van der Waals surface area (Å²) >= 11 is 0. The largest absolute Gasteiger partial charge is 0.497 e. The van der Waals surface area contributed by atoms with Crippen molar-refractivity contribution in [1.29, 1.82) is 5.26 Å². The number of hydrazine groups is 2. The lowest BCUT2D eigenvalue weighted by molar-refractivity contribution is 0.414. The number of methoxy groups -OCH3 is 1. The van der Waals surface area contributed by atoms with Gasteiger partial charge in [0.15, 0.2) is 5.69 Å². The highest BCUT2D eigenvalue weighted by molar-refractivity contribution is 5.72. The Morgan fingerprint density at radius 1 is 1.14 bits per heavy atom. The first-order valence-corrected chi connectivity index (χ1v) is 9.21. The molecule has 2 aliphatic heterocycles. The summed E-state index contributed by atoms with van der Waals surface area (Å²) in [5.74, 6) is 0.752. The maximum Gasteiger partial charge on any atom is 0.162 e. The Kier molecular flexibility index (Phi) is 4.04. The van der Waals surface area contributed by atoms with Gasteiger partial charge in [0.2, 0.25) is 0 Å². The van der Waals surface area contributed by atoms with Crippen molar-refractivity contribution in [2.24, 2.45) is 0 Å². The number of fused-ring (bicyclic) bond motifs is 5. The van der Waals surface area contributed by atoms with Crippen LogP contribution in [-0.4, -0.2) is 16.7 Å². The van der Waals surface area contributed by atoms with E-state index in [9.17, 15) is 5.26 Å². The second-order valence-corrected chi connectivity index (χ2v) is 6.73. The second kappa shape index (κ2) is 6.86.